The molecule has 1 N–H and O–H groups in total. The van der Waals surface area contributed by atoms with E-state index in [0.29, 0.717) is 0 Å². The second kappa shape index (κ2) is 5.39. The molecule has 0 saturated heterocycles. The molecule has 0 aromatic heterocycles. The van der Waals surface area contributed by atoms with Crippen molar-refractivity contribution in [1.29, 1.82) is 0 Å². The zero-order valence-corrected chi connectivity index (χ0v) is 11.3. The first-order chi connectivity index (χ1) is 8.32. The SMILES string of the molecule is COc1ccccc1S(=O)(=O)C(C)C(C)C(=O)O. The number of rotatable bonds is 5. The largest absolute Gasteiger partial charge is 0.495 e. The molecule has 100 valence electrons. The van der Waals surface area contributed by atoms with E-state index in [1.54, 1.807) is 12.1 Å². The number of hydrogen-bond acceptors (Lipinski definition) is 4. The third-order valence-corrected chi connectivity index (χ3v) is 5.30. The number of carbonyl (C=O) groups is 1. The molecule has 0 amide bonds. The molecule has 0 bridgehead atoms. The van der Waals surface area contributed by atoms with E-state index >= 15 is 0 Å². The van der Waals surface area contributed by atoms with Crippen LogP contribution in [-0.2, 0) is 14.6 Å². The van der Waals surface area contributed by atoms with Crippen LogP contribution in [0.3, 0.4) is 0 Å². The first kappa shape index (κ1) is 14.5. The van der Waals surface area contributed by atoms with Gasteiger partial charge >= 0.3 is 5.97 Å². The Balaban J connectivity index is 3.25. The summed E-state index contributed by atoms with van der Waals surface area (Å²) in [4.78, 5) is 10.9. The molecule has 2 unspecified atom stereocenters. The second-order valence-corrected chi connectivity index (χ2v) is 6.30. The van der Waals surface area contributed by atoms with Gasteiger partial charge < -0.3 is 9.84 Å². The van der Waals surface area contributed by atoms with Crippen molar-refractivity contribution in [2.75, 3.05) is 7.11 Å². The summed E-state index contributed by atoms with van der Waals surface area (Å²) in [7, 11) is -2.36. The van der Waals surface area contributed by atoms with Gasteiger partial charge in [0, 0.05) is 0 Å². The fourth-order valence-corrected chi connectivity index (χ4v) is 3.28. The summed E-state index contributed by atoms with van der Waals surface area (Å²) >= 11 is 0. The van der Waals surface area contributed by atoms with Crippen molar-refractivity contribution in [3.8, 4) is 5.75 Å². The molecule has 0 spiro atoms. The fraction of sp³-hybridized carbons (Fsp3) is 0.417. The van der Waals surface area contributed by atoms with E-state index in [1.165, 1.54) is 33.1 Å². The molecular weight excluding hydrogens is 256 g/mol. The molecule has 18 heavy (non-hydrogen) atoms. The Bertz CT molecular complexity index is 535. The lowest BCUT2D eigenvalue weighted by Gasteiger charge is -2.18. The number of hydrogen-bond donors (Lipinski definition) is 1. The standard InChI is InChI=1S/C12H16O5S/c1-8(12(13)14)9(2)18(15,16)11-7-5-4-6-10(11)17-3/h4-9H,1-3H3,(H,13,14). The lowest BCUT2D eigenvalue weighted by atomic mass is 10.1. The third-order valence-electron chi connectivity index (χ3n) is 2.96. The number of carboxylic acid groups (broad SMARTS) is 1. The molecule has 0 aliphatic rings. The summed E-state index contributed by atoms with van der Waals surface area (Å²) < 4.78 is 29.6. The van der Waals surface area contributed by atoms with Gasteiger partial charge in [0.25, 0.3) is 0 Å². The first-order valence-electron chi connectivity index (χ1n) is 5.42. The zero-order valence-electron chi connectivity index (χ0n) is 10.5. The van der Waals surface area contributed by atoms with Crippen LogP contribution in [0.25, 0.3) is 0 Å². The van der Waals surface area contributed by atoms with Crippen molar-refractivity contribution in [1.82, 2.24) is 0 Å². The lowest BCUT2D eigenvalue weighted by Crippen LogP contribution is -2.30. The van der Waals surface area contributed by atoms with Crippen LogP contribution >= 0.6 is 0 Å². The molecule has 0 fully saturated rings. The molecule has 6 heteroatoms. The quantitative estimate of drug-likeness (QED) is 0.880. The topological polar surface area (TPSA) is 80.7 Å². The van der Waals surface area contributed by atoms with Gasteiger partial charge in [-0.3, -0.25) is 4.79 Å². The summed E-state index contributed by atoms with van der Waals surface area (Å²) in [6.45, 7) is 2.76. The maximum absolute atomic E-state index is 12.3. The highest BCUT2D eigenvalue weighted by molar-refractivity contribution is 7.92. The minimum atomic E-state index is -3.73. The molecule has 2 atom stereocenters. The van der Waals surface area contributed by atoms with Crippen LogP contribution in [0.5, 0.6) is 5.75 Å². The number of aliphatic carboxylic acids is 1. The van der Waals surface area contributed by atoms with Crippen molar-refractivity contribution in [2.45, 2.75) is 24.0 Å². The smallest absolute Gasteiger partial charge is 0.307 e. The van der Waals surface area contributed by atoms with Gasteiger partial charge in [0.05, 0.1) is 18.3 Å². The Hall–Kier alpha value is -1.56. The van der Waals surface area contributed by atoms with E-state index in [9.17, 15) is 13.2 Å². The van der Waals surface area contributed by atoms with Crippen LogP contribution in [-0.4, -0.2) is 31.9 Å². The summed E-state index contributed by atoms with van der Waals surface area (Å²) in [6, 6.07) is 6.18. The van der Waals surface area contributed by atoms with Crippen LogP contribution in [0.4, 0.5) is 0 Å². The van der Waals surface area contributed by atoms with E-state index in [-0.39, 0.29) is 10.6 Å². The predicted molar refractivity (Wildman–Crippen MR) is 66.4 cm³/mol. The lowest BCUT2D eigenvalue weighted by molar-refractivity contribution is -0.141. The summed E-state index contributed by atoms with van der Waals surface area (Å²) in [6.07, 6.45) is 0. The van der Waals surface area contributed by atoms with E-state index < -0.39 is 27.0 Å². The van der Waals surface area contributed by atoms with Crippen LogP contribution in [0.1, 0.15) is 13.8 Å². The zero-order chi connectivity index (χ0) is 13.9. The van der Waals surface area contributed by atoms with Crippen molar-refractivity contribution in [3.05, 3.63) is 24.3 Å². The van der Waals surface area contributed by atoms with E-state index in [0.717, 1.165) is 0 Å². The molecule has 1 aromatic carbocycles. The Morgan fingerprint density at radius 1 is 1.28 bits per heavy atom. The van der Waals surface area contributed by atoms with Crippen molar-refractivity contribution in [3.63, 3.8) is 0 Å². The van der Waals surface area contributed by atoms with Crippen molar-refractivity contribution >= 4 is 15.8 Å². The number of sulfone groups is 1. The number of carboxylic acids is 1. The normalized spacial score (nSPS) is 14.8. The van der Waals surface area contributed by atoms with Crippen molar-refractivity contribution < 1.29 is 23.1 Å². The summed E-state index contributed by atoms with van der Waals surface area (Å²) in [5.41, 5.74) is 0. The van der Waals surface area contributed by atoms with Gasteiger partial charge in [-0.15, -0.1) is 0 Å². The molecule has 0 radical (unpaired) electrons. The van der Waals surface area contributed by atoms with Gasteiger partial charge in [-0.25, -0.2) is 8.42 Å². The maximum Gasteiger partial charge on any atom is 0.307 e. The first-order valence-corrected chi connectivity index (χ1v) is 6.96. The van der Waals surface area contributed by atoms with Gasteiger partial charge in [-0.1, -0.05) is 19.1 Å². The van der Waals surface area contributed by atoms with Crippen LogP contribution in [0.2, 0.25) is 0 Å². The highest BCUT2D eigenvalue weighted by Gasteiger charge is 2.33. The third kappa shape index (κ3) is 2.64. The molecule has 5 nitrogen and oxygen atoms in total. The number of methoxy groups -OCH3 is 1. The Labute approximate surface area is 106 Å². The minimum absolute atomic E-state index is 0.0214. The Morgan fingerprint density at radius 3 is 2.33 bits per heavy atom. The highest BCUT2D eigenvalue weighted by Crippen LogP contribution is 2.29. The predicted octanol–water partition coefficient (Wildman–Crippen LogP) is 1.58. The molecule has 0 aliphatic heterocycles. The monoisotopic (exact) mass is 272 g/mol. The summed E-state index contributed by atoms with van der Waals surface area (Å²) in [5.74, 6) is -1.90. The van der Waals surface area contributed by atoms with Crippen LogP contribution in [0.15, 0.2) is 29.2 Å². The highest BCUT2D eigenvalue weighted by atomic mass is 32.2. The molecule has 0 heterocycles. The molecule has 0 saturated carbocycles. The van der Waals surface area contributed by atoms with Gasteiger partial charge in [0.1, 0.15) is 10.6 Å². The number of ether oxygens (including phenoxy) is 1. The average molecular weight is 272 g/mol. The molecular formula is C12H16O5S. The number of para-hydroxylation sites is 1. The second-order valence-electron chi connectivity index (χ2n) is 4.03. The molecule has 1 aromatic rings. The minimum Gasteiger partial charge on any atom is -0.495 e. The Morgan fingerprint density at radius 2 is 1.83 bits per heavy atom. The van der Waals surface area contributed by atoms with Gasteiger partial charge in [-0.2, -0.15) is 0 Å². The Kier molecular flexibility index (Phi) is 4.34. The van der Waals surface area contributed by atoms with E-state index in [1.807, 2.05) is 0 Å². The number of benzene rings is 1. The molecule has 1 rings (SSSR count). The van der Waals surface area contributed by atoms with Gasteiger partial charge in [0.2, 0.25) is 0 Å². The van der Waals surface area contributed by atoms with Gasteiger partial charge in [-0.05, 0) is 19.1 Å². The van der Waals surface area contributed by atoms with Crippen LogP contribution < -0.4 is 4.74 Å². The molecule has 0 aliphatic carbocycles. The van der Waals surface area contributed by atoms with E-state index in [2.05, 4.69) is 0 Å². The van der Waals surface area contributed by atoms with Crippen molar-refractivity contribution in [2.24, 2.45) is 5.92 Å². The van der Waals surface area contributed by atoms with Crippen LogP contribution in [0, 0.1) is 5.92 Å². The fourth-order valence-electron chi connectivity index (χ4n) is 1.52. The summed E-state index contributed by atoms with van der Waals surface area (Å²) in [5, 5.41) is 7.87. The van der Waals surface area contributed by atoms with Gasteiger partial charge in [0.15, 0.2) is 9.84 Å². The maximum atomic E-state index is 12.3. The van der Waals surface area contributed by atoms with E-state index in [4.69, 9.17) is 9.84 Å². The average Bonchev–Trinajstić information content (AvgIpc) is 2.36.